The van der Waals surface area contributed by atoms with Crippen molar-refractivity contribution < 1.29 is 9.59 Å². The minimum absolute atomic E-state index is 0. The molecule has 2 rings (SSSR count). The Balaban J connectivity index is 0.00000312. The molecule has 0 radical (unpaired) electrons. The van der Waals surface area contributed by atoms with Gasteiger partial charge >= 0.3 is 0 Å². The Morgan fingerprint density at radius 2 is 2.08 bits per heavy atom. The van der Waals surface area contributed by atoms with Crippen molar-refractivity contribution in [3.63, 3.8) is 0 Å². The number of anilines is 1. The van der Waals surface area contributed by atoms with Gasteiger partial charge in [-0.2, -0.15) is 0 Å². The van der Waals surface area contributed by atoms with E-state index in [9.17, 15) is 9.59 Å². The molecule has 3 N–H and O–H groups in total. The monoisotopic (exact) mass is 424 g/mol. The first-order valence-electron chi connectivity index (χ1n) is 8.46. The van der Waals surface area contributed by atoms with E-state index in [1.165, 1.54) is 11.3 Å². The summed E-state index contributed by atoms with van der Waals surface area (Å²) in [6.07, 6.45) is 2.36. The highest BCUT2D eigenvalue weighted by Crippen LogP contribution is 2.22. The summed E-state index contributed by atoms with van der Waals surface area (Å²) >= 11 is 1.35. The maximum Gasteiger partial charge on any atom is 0.231 e. The maximum absolute atomic E-state index is 12.5. The van der Waals surface area contributed by atoms with E-state index in [1.807, 2.05) is 38.0 Å². The lowest BCUT2D eigenvalue weighted by molar-refractivity contribution is -0.132. The summed E-state index contributed by atoms with van der Waals surface area (Å²) < 4.78 is 0. The van der Waals surface area contributed by atoms with Gasteiger partial charge in [-0.25, -0.2) is 4.98 Å². The van der Waals surface area contributed by atoms with Gasteiger partial charge in [-0.1, -0.05) is 20.8 Å². The molecule has 1 aliphatic heterocycles. The number of hydrogen-bond acceptors (Lipinski definition) is 5. The van der Waals surface area contributed by atoms with Crippen LogP contribution in [0.3, 0.4) is 0 Å². The number of nitrogens with one attached hydrogen (secondary N) is 1. The van der Waals surface area contributed by atoms with E-state index in [2.05, 4.69) is 10.3 Å². The zero-order valence-electron chi connectivity index (χ0n) is 15.8. The van der Waals surface area contributed by atoms with Crippen LogP contribution in [-0.2, 0) is 16.0 Å². The van der Waals surface area contributed by atoms with Gasteiger partial charge in [-0.3, -0.25) is 9.59 Å². The van der Waals surface area contributed by atoms with E-state index in [0.717, 1.165) is 25.9 Å². The van der Waals surface area contributed by atoms with Gasteiger partial charge in [0.1, 0.15) is 0 Å². The normalized spacial score (nSPS) is 18.3. The van der Waals surface area contributed by atoms with E-state index in [0.29, 0.717) is 16.7 Å². The number of nitrogens with two attached hydrogens (primary N) is 1. The second-order valence-corrected chi connectivity index (χ2v) is 8.48. The van der Waals surface area contributed by atoms with Crippen molar-refractivity contribution in [2.24, 2.45) is 17.1 Å². The molecule has 0 spiro atoms. The minimum atomic E-state index is -0.469. The predicted octanol–water partition coefficient (Wildman–Crippen LogP) is 3.10. The number of likely N-dealkylation sites (tertiary alicyclic amines) is 1. The summed E-state index contributed by atoms with van der Waals surface area (Å²) in [6.45, 7) is 9.08. The average molecular weight is 425 g/mol. The minimum Gasteiger partial charge on any atom is -0.342 e. The number of hydrogen-bond donors (Lipinski definition) is 2. The van der Waals surface area contributed by atoms with Gasteiger partial charge in [0.15, 0.2) is 5.13 Å². The summed E-state index contributed by atoms with van der Waals surface area (Å²) in [5.74, 6) is 0.379. The van der Waals surface area contributed by atoms with Crippen molar-refractivity contribution in [1.82, 2.24) is 9.88 Å². The third-order valence-electron chi connectivity index (χ3n) is 4.34. The number of nitrogens with zero attached hydrogens (tertiary/aromatic N) is 2. The Bertz CT molecular complexity index is 602. The molecule has 1 aromatic heterocycles. The van der Waals surface area contributed by atoms with E-state index in [1.54, 1.807) is 0 Å². The Hall–Kier alpha value is -0.890. The molecule has 1 aliphatic rings. The van der Waals surface area contributed by atoms with Crippen LogP contribution in [-0.4, -0.2) is 40.8 Å². The fourth-order valence-electron chi connectivity index (χ4n) is 2.66. The van der Waals surface area contributed by atoms with Crippen molar-refractivity contribution in [3.05, 3.63) is 11.1 Å². The second-order valence-electron chi connectivity index (χ2n) is 7.63. The van der Waals surface area contributed by atoms with Crippen molar-refractivity contribution in [3.8, 4) is 0 Å². The molecule has 2 heterocycles. The molecular weight excluding hydrogens is 395 g/mol. The van der Waals surface area contributed by atoms with Crippen molar-refractivity contribution in [2.45, 2.75) is 53.0 Å². The third-order valence-corrected chi connectivity index (χ3v) is 5.15. The molecule has 0 aliphatic carbocycles. The molecule has 2 unspecified atom stereocenters. The number of rotatable bonds is 4. The first kappa shape index (κ1) is 25.1. The number of piperidine rings is 1. The smallest absolute Gasteiger partial charge is 0.231 e. The Morgan fingerprint density at radius 3 is 2.65 bits per heavy atom. The fourth-order valence-corrected chi connectivity index (χ4v) is 3.37. The van der Waals surface area contributed by atoms with E-state index in [-0.39, 0.29) is 49.1 Å². The van der Waals surface area contributed by atoms with Crippen LogP contribution in [0.15, 0.2) is 5.38 Å². The lowest BCUT2D eigenvalue weighted by Gasteiger charge is -2.34. The van der Waals surface area contributed by atoms with Crippen LogP contribution in [0.2, 0.25) is 0 Å². The topological polar surface area (TPSA) is 88.3 Å². The number of carbonyl (C=O) groups excluding carboxylic acids is 2. The van der Waals surface area contributed by atoms with Crippen LogP contribution in [0.4, 0.5) is 5.13 Å². The summed E-state index contributed by atoms with van der Waals surface area (Å²) in [5.41, 5.74) is 6.21. The first-order chi connectivity index (χ1) is 11.2. The Labute approximate surface area is 172 Å². The standard InChI is InChI=1S/C17H28N4O2S.2ClH/c1-11(18)12-6-5-7-21(9-12)14(22)8-13-10-24-16(19-13)20-15(23)17(2,3)4;;/h10-12H,5-9,18H2,1-4H3,(H,19,20,23);2*1H. The van der Waals surface area contributed by atoms with Crippen molar-refractivity contribution in [1.29, 1.82) is 0 Å². The average Bonchev–Trinajstić information content (AvgIpc) is 2.93. The van der Waals surface area contributed by atoms with Crippen LogP contribution in [0, 0.1) is 11.3 Å². The molecule has 2 amide bonds. The van der Waals surface area contributed by atoms with Gasteiger partial charge in [0.25, 0.3) is 0 Å². The SMILES string of the molecule is CC(N)C1CCCN(C(=O)Cc2csc(NC(=O)C(C)(C)C)n2)C1.Cl.Cl. The lowest BCUT2D eigenvalue weighted by atomic mass is 9.92. The molecule has 26 heavy (non-hydrogen) atoms. The number of amides is 2. The highest BCUT2D eigenvalue weighted by atomic mass is 35.5. The molecule has 1 aromatic rings. The van der Waals surface area contributed by atoms with Crippen LogP contribution in [0.25, 0.3) is 0 Å². The molecule has 0 bridgehead atoms. The van der Waals surface area contributed by atoms with Crippen molar-refractivity contribution >= 4 is 53.1 Å². The van der Waals surface area contributed by atoms with E-state index in [4.69, 9.17) is 5.73 Å². The lowest BCUT2D eigenvalue weighted by Crippen LogP contribution is -2.45. The molecule has 1 fully saturated rings. The summed E-state index contributed by atoms with van der Waals surface area (Å²) in [7, 11) is 0. The van der Waals surface area contributed by atoms with E-state index < -0.39 is 5.41 Å². The molecular formula is C17H30Cl2N4O2S. The summed E-state index contributed by atoms with van der Waals surface area (Å²) in [4.78, 5) is 30.7. The highest BCUT2D eigenvalue weighted by molar-refractivity contribution is 7.13. The molecule has 2 atom stereocenters. The Morgan fingerprint density at radius 1 is 1.42 bits per heavy atom. The predicted molar refractivity (Wildman–Crippen MR) is 111 cm³/mol. The zero-order valence-corrected chi connectivity index (χ0v) is 18.2. The van der Waals surface area contributed by atoms with Gasteiger partial charge in [0.05, 0.1) is 12.1 Å². The molecule has 1 saturated heterocycles. The quantitative estimate of drug-likeness (QED) is 0.776. The van der Waals surface area contributed by atoms with Crippen LogP contribution < -0.4 is 11.1 Å². The van der Waals surface area contributed by atoms with Crippen LogP contribution in [0.5, 0.6) is 0 Å². The second kappa shape index (κ2) is 10.4. The van der Waals surface area contributed by atoms with E-state index >= 15 is 0 Å². The highest BCUT2D eigenvalue weighted by Gasteiger charge is 2.26. The van der Waals surface area contributed by atoms with Crippen LogP contribution >= 0.6 is 36.2 Å². The number of carbonyl (C=O) groups is 2. The fraction of sp³-hybridized carbons (Fsp3) is 0.706. The van der Waals surface area contributed by atoms with Gasteiger partial charge in [0, 0.05) is 29.9 Å². The van der Waals surface area contributed by atoms with Gasteiger partial charge in [0.2, 0.25) is 11.8 Å². The Kier molecular flexibility index (Phi) is 10.1. The number of aromatic nitrogens is 1. The van der Waals surface area contributed by atoms with Gasteiger partial charge in [-0.15, -0.1) is 36.2 Å². The van der Waals surface area contributed by atoms with Gasteiger partial charge < -0.3 is 16.0 Å². The van der Waals surface area contributed by atoms with Crippen molar-refractivity contribution in [2.75, 3.05) is 18.4 Å². The third kappa shape index (κ3) is 7.02. The molecule has 0 saturated carbocycles. The summed E-state index contributed by atoms with van der Waals surface area (Å²) in [5, 5.41) is 5.19. The maximum atomic E-state index is 12.5. The largest absolute Gasteiger partial charge is 0.342 e. The molecule has 150 valence electrons. The number of thiazole rings is 1. The summed E-state index contributed by atoms with van der Waals surface area (Å²) in [6, 6.07) is 0.110. The first-order valence-corrected chi connectivity index (χ1v) is 9.34. The molecule has 6 nitrogen and oxygen atoms in total. The van der Waals surface area contributed by atoms with Gasteiger partial charge in [-0.05, 0) is 25.7 Å². The zero-order chi connectivity index (χ0) is 17.9. The van der Waals surface area contributed by atoms with Crippen LogP contribution in [0.1, 0.15) is 46.2 Å². The molecule has 9 heteroatoms. The molecule has 0 aromatic carbocycles. The number of halogens is 2.